The molecular formula is C57H93O3P. The van der Waals surface area contributed by atoms with Crippen molar-refractivity contribution in [1.82, 2.24) is 0 Å². The lowest BCUT2D eigenvalue weighted by molar-refractivity contribution is 0.370. The van der Waals surface area contributed by atoms with E-state index in [2.05, 4.69) is 182 Å². The van der Waals surface area contributed by atoms with Crippen molar-refractivity contribution in [2.24, 2.45) is 0 Å². The molecule has 0 bridgehead atoms. The van der Waals surface area contributed by atoms with Gasteiger partial charge in [0.25, 0.3) is 0 Å². The summed E-state index contributed by atoms with van der Waals surface area (Å²) < 4.78 is 21.9. The predicted octanol–water partition coefficient (Wildman–Crippen LogP) is 18.8. The maximum Gasteiger partial charge on any atom is 0.530 e. The second-order valence-corrected chi connectivity index (χ2v) is 24.8. The molecule has 0 saturated heterocycles. The van der Waals surface area contributed by atoms with E-state index < -0.39 is 8.60 Å². The molecule has 0 fully saturated rings. The highest BCUT2D eigenvalue weighted by Gasteiger charge is 2.35. The van der Waals surface area contributed by atoms with Gasteiger partial charge in [-0.2, -0.15) is 0 Å². The van der Waals surface area contributed by atoms with Crippen LogP contribution < -0.4 is 13.6 Å². The van der Waals surface area contributed by atoms with Crippen LogP contribution >= 0.6 is 8.60 Å². The van der Waals surface area contributed by atoms with Crippen LogP contribution in [0, 0.1) is 20.8 Å². The molecule has 0 radical (unpaired) electrons. The van der Waals surface area contributed by atoms with Crippen LogP contribution in [0.25, 0.3) is 0 Å². The number of hydrogen-bond donors (Lipinski definition) is 0. The highest BCUT2D eigenvalue weighted by molar-refractivity contribution is 7.43. The zero-order valence-corrected chi connectivity index (χ0v) is 44.5. The van der Waals surface area contributed by atoms with E-state index in [1.165, 1.54) is 108 Å². The number of benzene rings is 3. The van der Waals surface area contributed by atoms with Crippen molar-refractivity contribution < 1.29 is 13.6 Å². The molecule has 0 spiro atoms. The average Bonchev–Trinajstić information content (AvgIpc) is 3.10. The zero-order valence-electron chi connectivity index (χ0n) is 43.6. The van der Waals surface area contributed by atoms with Crippen molar-refractivity contribution in [1.29, 1.82) is 0 Å². The lowest BCUT2D eigenvalue weighted by Crippen LogP contribution is -2.23. The maximum atomic E-state index is 7.29. The van der Waals surface area contributed by atoms with Gasteiger partial charge < -0.3 is 13.6 Å². The van der Waals surface area contributed by atoms with E-state index in [0.29, 0.717) is 0 Å². The summed E-state index contributed by atoms with van der Waals surface area (Å²) in [6, 6.07) is 14.1. The number of unbranched alkanes of at least 4 members (excludes halogenated alkanes) is 6. The molecule has 3 nitrogen and oxygen atoms in total. The van der Waals surface area contributed by atoms with E-state index in [1.807, 2.05) is 0 Å². The molecule has 0 aromatic heterocycles. The van der Waals surface area contributed by atoms with Gasteiger partial charge in [-0.25, -0.2) is 0 Å². The molecule has 0 atom stereocenters. The Balaban J connectivity index is 2.34. The summed E-state index contributed by atoms with van der Waals surface area (Å²) in [6.45, 7) is 48.8. The minimum absolute atomic E-state index is 0.0475. The fourth-order valence-corrected chi connectivity index (χ4v) is 10.4. The van der Waals surface area contributed by atoms with E-state index >= 15 is 0 Å². The summed E-state index contributed by atoms with van der Waals surface area (Å²) in [7, 11) is -1.96. The topological polar surface area (TPSA) is 27.7 Å². The summed E-state index contributed by atoms with van der Waals surface area (Å²) >= 11 is 0. The molecule has 0 aliphatic carbocycles. The number of hydrogen-bond acceptors (Lipinski definition) is 3. The molecule has 0 amide bonds. The van der Waals surface area contributed by atoms with Gasteiger partial charge in [-0.05, 0) is 124 Å². The van der Waals surface area contributed by atoms with E-state index in [4.69, 9.17) is 13.6 Å². The molecule has 0 saturated carbocycles. The van der Waals surface area contributed by atoms with Gasteiger partial charge in [0.1, 0.15) is 17.2 Å². The molecule has 0 unspecified atom stereocenters. The molecule has 61 heavy (non-hydrogen) atoms. The highest BCUT2D eigenvalue weighted by atomic mass is 31.2. The third kappa shape index (κ3) is 14.2. The first-order valence-electron chi connectivity index (χ1n) is 24.3. The lowest BCUT2D eigenvalue weighted by Gasteiger charge is -2.34. The van der Waals surface area contributed by atoms with Crippen molar-refractivity contribution in [3.63, 3.8) is 0 Å². The van der Waals surface area contributed by atoms with Crippen LogP contribution in [0.5, 0.6) is 17.2 Å². The normalized spacial score (nSPS) is 13.3. The van der Waals surface area contributed by atoms with Crippen molar-refractivity contribution in [2.75, 3.05) is 0 Å². The van der Waals surface area contributed by atoms with Gasteiger partial charge in [-0.15, -0.1) is 0 Å². The molecule has 0 N–H and O–H groups in total. The molecule has 4 heteroatoms. The van der Waals surface area contributed by atoms with E-state index in [1.54, 1.807) is 0 Å². The van der Waals surface area contributed by atoms with Crippen LogP contribution in [-0.4, -0.2) is 0 Å². The third-order valence-corrected chi connectivity index (χ3v) is 14.4. The number of aryl methyl sites for hydroxylation is 3. The SMILES string of the molecule is CCCCCC(C)(C)c1cc(C(C)(C)C)c(OP(Oc2cc(C)c(C(C)(C)CCCCC)cc2C(C)(C)C)Oc2cc(C)c(C(C)(C)CCCCC)cc2C(C)(C)C)cc1C. The van der Waals surface area contributed by atoms with Gasteiger partial charge in [0.05, 0.1) is 0 Å². The Hall–Kier alpha value is -2.51. The van der Waals surface area contributed by atoms with Crippen molar-refractivity contribution in [3.8, 4) is 17.2 Å². The average molecular weight is 857 g/mol. The molecule has 344 valence electrons. The van der Waals surface area contributed by atoms with E-state index in [9.17, 15) is 0 Å². The molecule has 0 heterocycles. The first-order chi connectivity index (χ1) is 28.0. The first kappa shape index (κ1) is 52.8. The van der Waals surface area contributed by atoms with Gasteiger partial charge in [-0.1, -0.05) is 201 Å². The van der Waals surface area contributed by atoms with Crippen LogP contribution in [0.2, 0.25) is 0 Å². The van der Waals surface area contributed by atoms with Crippen LogP contribution in [0.1, 0.15) is 252 Å². The molecule has 0 aliphatic heterocycles. The van der Waals surface area contributed by atoms with Gasteiger partial charge in [-0.3, -0.25) is 0 Å². The van der Waals surface area contributed by atoms with Crippen LogP contribution in [0.4, 0.5) is 0 Å². The van der Waals surface area contributed by atoms with Crippen molar-refractivity contribution >= 4 is 8.60 Å². The largest absolute Gasteiger partial charge is 0.530 e. The zero-order chi connectivity index (χ0) is 46.4. The van der Waals surface area contributed by atoms with Crippen LogP contribution in [0.15, 0.2) is 36.4 Å². The number of rotatable bonds is 21. The Morgan fingerprint density at radius 3 is 0.770 bits per heavy atom. The van der Waals surface area contributed by atoms with Crippen LogP contribution in [0.3, 0.4) is 0 Å². The van der Waals surface area contributed by atoms with E-state index in [0.717, 1.165) is 36.5 Å². The summed E-state index contributed by atoms with van der Waals surface area (Å²) in [5.74, 6) is 2.53. The van der Waals surface area contributed by atoms with Gasteiger partial charge >= 0.3 is 8.60 Å². The Morgan fingerprint density at radius 2 is 0.574 bits per heavy atom. The Bertz CT molecular complexity index is 1660. The standard InChI is InChI=1S/C57H93O3P/c1-22-25-28-31-55(16,17)43-37-46(52(7,8)9)49(34-40(43)4)58-61(59-50-35-41(5)44(38-47(50)53(10,11)12)56(18,19)32-29-26-23-2)60-51-36-42(6)45(39-48(51)54(13,14)15)57(20,21)33-30-27-24-3/h34-39H,22-33H2,1-21H3. The molecule has 3 aromatic rings. The van der Waals surface area contributed by atoms with Crippen molar-refractivity contribution in [3.05, 3.63) is 86.5 Å². The van der Waals surface area contributed by atoms with Gasteiger partial charge in [0, 0.05) is 16.7 Å². The molecule has 0 aliphatic rings. The summed E-state index contributed by atoms with van der Waals surface area (Å²) in [5.41, 5.74) is 11.1. The highest BCUT2D eigenvalue weighted by Crippen LogP contribution is 2.52. The molecule has 3 aromatic carbocycles. The minimum Gasteiger partial charge on any atom is -0.408 e. The van der Waals surface area contributed by atoms with Crippen LogP contribution in [-0.2, 0) is 32.5 Å². The Labute approximate surface area is 379 Å². The van der Waals surface area contributed by atoms with Crippen molar-refractivity contribution in [2.45, 2.75) is 255 Å². The lowest BCUT2D eigenvalue weighted by atomic mass is 9.75. The quantitative estimate of drug-likeness (QED) is 0.0789. The fourth-order valence-electron chi connectivity index (χ4n) is 9.37. The van der Waals surface area contributed by atoms with E-state index in [-0.39, 0.29) is 32.5 Å². The van der Waals surface area contributed by atoms with Gasteiger partial charge in [0.15, 0.2) is 0 Å². The first-order valence-corrected chi connectivity index (χ1v) is 25.4. The maximum absolute atomic E-state index is 7.29. The van der Waals surface area contributed by atoms with Gasteiger partial charge in [0.2, 0.25) is 0 Å². The fraction of sp³-hybridized carbons (Fsp3) is 0.684. The smallest absolute Gasteiger partial charge is 0.408 e. The Morgan fingerprint density at radius 1 is 0.344 bits per heavy atom. The summed E-state index contributed by atoms with van der Waals surface area (Å²) in [5, 5.41) is 0. The summed E-state index contributed by atoms with van der Waals surface area (Å²) in [6.07, 6.45) is 14.6. The summed E-state index contributed by atoms with van der Waals surface area (Å²) in [4.78, 5) is 0. The predicted molar refractivity (Wildman–Crippen MR) is 270 cm³/mol. The Kier molecular flexibility index (Phi) is 18.2. The minimum atomic E-state index is -1.96. The molecular weight excluding hydrogens is 764 g/mol. The second kappa shape index (κ2) is 21.0. The second-order valence-electron chi connectivity index (χ2n) is 23.8. The monoisotopic (exact) mass is 857 g/mol. The molecule has 3 rings (SSSR count). The third-order valence-electron chi connectivity index (χ3n) is 13.3.